The van der Waals surface area contributed by atoms with Gasteiger partial charge in [0.2, 0.25) is 10.0 Å². The van der Waals surface area contributed by atoms with Crippen LogP contribution >= 0.6 is 12.4 Å². The second-order valence-corrected chi connectivity index (χ2v) is 10.3. The van der Waals surface area contributed by atoms with Crippen LogP contribution in [0.15, 0.2) is 59.3 Å². The van der Waals surface area contributed by atoms with Gasteiger partial charge in [0.25, 0.3) is 5.91 Å². The van der Waals surface area contributed by atoms with Crippen LogP contribution in [0.2, 0.25) is 0 Å². The van der Waals surface area contributed by atoms with E-state index in [0.29, 0.717) is 22.3 Å². The van der Waals surface area contributed by atoms with E-state index < -0.39 is 15.9 Å². The molecule has 2 N–H and O–H groups in total. The Bertz CT molecular complexity index is 1350. The van der Waals surface area contributed by atoms with Gasteiger partial charge in [-0.15, -0.1) is 12.4 Å². The van der Waals surface area contributed by atoms with Crippen LogP contribution in [0.1, 0.15) is 16.1 Å². The Hall–Kier alpha value is -2.72. The number of halogens is 2. The summed E-state index contributed by atoms with van der Waals surface area (Å²) in [5.41, 5.74) is 8.63. The zero-order valence-corrected chi connectivity index (χ0v) is 21.5. The summed E-state index contributed by atoms with van der Waals surface area (Å²) < 4.78 is 42.9. The van der Waals surface area contributed by atoms with Crippen molar-refractivity contribution in [3.05, 3.63) is 65.6 Å². The Morgan fingerprint density at radius 2 is 1.76 bits per heavy atom. The summed E-state index contributed by atoms with van der Waals surface area (Å²) in [7, 11) is 2.63. The topological polar surface area (TPSA) is 88.6 Å². The number of aromatic nitrogens is 1. The molecule has 0 saturated heterocycles. The molecular weight excluding hydrogens is 479 g/mol. The number of sulfonamides is 1. The number of allylic oxidation sites excluding steroid dienone is 1. The Kier molecular flexibility index (Phi) is 8.65. The van der Waals surface area contributed by atoms with Gasteiger partial charge < -0.3 is 15.2 Å². The lowest BCUT2D eigenvalue weighted by molar-refractivity contribution is 0.0829. The summed E-state index contributed by atoms with van der Waals surface area (Å²) in [6.45, 7) is 1.81. The third kappa shape index (κ3) is 5.02. The molecule has 0 aliphatic heterocycles. The smallest absolute Gasteiger partial charge is 0.255 e. The molecule has 0 saturated carbocycles. The number of fused-ring (bicyclic) bond motifs is 1. The van der Waals surface area contributed by atoms with E-state index in [-0.39, 0.29) is 36.3 Å². The van der Waals surface area contributed by atoms with Crippen molar-refractivity contribution in [2.75, 3.05) is 34.7 Å². The van der Waals surface area contributed by atoms with Gasteiger partial charge in [0.05, 0.1) is 22.5 Å². The minimum Gasteiger partial charge on any atom is -0.345 e. The highest BCUT2D eigenvalue weighted by Crippen LogP contribution is 2.38. The fraction of sp³-hybridized carbons (Fsp3) is 0.292. The first-order chi connectivity index (χ1) is 15.5. The third-order valence-corrected chi connectivity index (χ3v) is 7.34. The first-order valence-corrected chi connectivity index (χ1v) is 11.9. The van der Waals surface area contributed by atoms with Crippen LogP contribution in [-0.2, 0) is 16.6 Å². The van der Waals surface area contributed by atoms with Gasteiger partial charge in [-0.2, -0.15) is 0 Å². The molecule has 1 amide bonds. The molecular formula is C24H30ClFN4O3S. The highest BCUT2D eigenvalue weighted by atomic mass is 35.5. The van der Waals surface area contributed by atoms with Crippen molar-refractivity contribution < 1.29 is 17.6 Å². The first kappa shape index (κ1) is 27.5. The van der Waals surface area contributed by atoms with Crippen LogP contribution in [0.3, 0.4) is 0 Å². The Morgan fingerprint density at radius 3 is 2.35 bits per heavy atom. The van der Waals surface area contributed by atoms with E-state index in [2.05, 4.69) is 0 Å². The monoisotopic (exact) mass is 508 g/mol. The number of benzene rings is 2. The molecule has 3 rings (SSSR count). The van der Waals surface area contributed by atoms with E-state index in [9.17, 15) is 17.6 Å². The van der Waals surface area contributed by atoms with Crippen molar-refractivity contribution in [2.45, 2.75) is 18.4 Å². The molecule has 1 aromatic heterocycles. The standard InChI is InChI=1S/C24H29FN4O3S.ClH/c1-16-22(17-8-6-9-19(14-17)33(31,32)28(4)5)20-10-7-11-21(24(30)27(2)3)23(20)29(16)15-18(25)12-13-26;/h6-12,14H,13,15,26H2,1-5H3;1H/b18-12-;. The first-order valence-electron chi connectivity index (χ1n) is 10.4. The highest BCUT2D eigenvalue weighted by molar-refractivity contribution is 7.89. The number of hydrogen-bond donors (Lipinski definition) is 1. The molecule has 1 heterocycles. The second kappa shape index (κ2) is 10.7. The van der Waals surface area contributed by atoms with Gasteiger partial charge in [-0.05, 0) is 36.8 Å². The van der Waals surface area contributed by atoms with E-state index in [1.165, 1.54) is 31.1 Å². The van der Waals surface area contributed by atoms with Crippen molar-refractivity contribution in [1.29, 1.82) is 0 Å². The number of nitrogens with zero attached hydrogens (tertiary/aromatic N) is 3. The summed E-state index contributed by atoms with van der Waals surface area (Å²) in [5.74, 6) is -0.627. The van der Waals surface area contributed by atoms with Crippen molar-refractivity contribution in [3.63, 3.8) is 0 Å². The van der Waals surface area contributed by atoms with E-state index in [1.807, 2.05) is 19.1 Å². The molecule has 34 heavy (non-hydrogen) atoms. The normalized spacial score (nSPS) is 12.2. The van der Waals surface area contributed by atoms with Gasteiger partial charge in [-0.25, -0.2) is 17.1 Å². The van der Waals surface area contributed by atoms with Gasteiger partial charge in [0, 0.05) is 51.4 Å². The number of nitrogens with two attached hydrogens (primary N) is 1. The Morgan fingerprint density at radius 1 is 1.12 bits per heavy atom. The molecule has 0 spiro atoms. The number of carbonyl (C=O) groups is 1. The van der Waals surface area contributed by atoms with Gasteiger partial charge >= 0.3 is 0 Å². The van der Waals surface area contributed by atoms with Crippen molar-refractivity contribution >= 4 is 39.2 Å². The highest BCUT2D eigenvalue weighted by Gasteiger charge is 2.24. The average Bonchev–Trinajstić information content (AvgIpc) is 3.04. The number of para-hydroxylation sites is 1. The lowest BCUT2D eigenvalue weighted by Gasteiger charge is -2.14. The van der Waals surface area contributed by atoms with Crippen LogP contribution in [0.25, 0.3) is 22.0 Å². The maximum absolute atomic E-state index is 14.6. The predicted octanol–water partition coefficient (Wildman–Crippen LogP) is 3.80. The minimum atomic E-state index is -3.64. The summed E-state index contributed by atoms with van der Waals surface area (Å²) in [6, 6.07) is 12.0. The largest absolute Gasteiger partial charge is 0.345 e. The average molecular weight is 509 g/mol. The lowest BCUT2D eigenvalue weighted by atomic mass is 10.0. The molecule has 0 atom stereocenters. The summed E-state index contributed by atoms with van der Waals surface area (Å²) >= 11 is 0. The molecule has 10 heteroatoms. The van der Waals surface area contributed by atoms with Crippen LogP contribution in [0.4, 0.5) is 4.39 Å². The van der Waals surface area contributed by atoms with Gasteiger partial charge in [-0.1, -0.05) is 24.3 Å². The molecule has 0 aliphatic rings. The van der Waals surface area contributed by atoms with E-state index >= 15 is 0 Å². The van der Waals surface area contributed by atoms with Crippen molar-refractivity contribution in [2.24, 2.45) is 5.73 Å². The van der Waals surface area contributed by atoms with Gasteiger partial charge in [-0.3, -0.25) is 4.79 Å². The Labute approximate surface area is 206 Å². The summed E-state index contributed by atoms with van der Waals surface area (Å²) in [6.07, 6.45) is 1.30. The molecule has 0 unspecified atom stereocenters. The van der Waals surface area contributed by atoms with E-state index in [1.54, 1.807) is 42.9 Å². The fourth-order valence-electron chi connectivity index (χ4n) is 3.88. The zero-order chi connectivity index (χ0) is 24.5. The molecule has 0 fully saturated rings. The zero-order valence-electron chi connectivity index (χ0n) is 19.9. The van der Waals surface area contributed by atoms with Crippen LogP contribution in [0, 0.1) is 6.92 Å². The molecule has 184 valence electrons. The molecule has 2 aromatic carbocycles. The lowest BCUT2D eigenvalue weighted by Crippen LogP contribution is -2.22. The SMILES string of the molecule is Cc1c(-c2cccc(S(=O)(=O)N(C)C)c2)c2cccc(C(=O)N(C)C)c2n1C/C(F)=C/CN.Cl. The molecule has 7 nitrogen and oxygen atoms in total. The van der Waals surface area contributed by atoms with E-state index in [4.69, 9.17) is 5.73 Å². The summed E-state index contributed by atoms with van der Waals surface area (Å²) in [5, 5.41) is 0.736. The maximum atomic E-state index is 14.6. The van der Waals surface area contributed by atoms with Gasteiger partial charge in [0.1, 0.15) is 5.83 Å². The number of amides is 1. The molecule has 0 aliphatic carbocycles. The van der Waals surface area contributed by atoms with Crippen LogP contribution < -0.4 is 5.73 Å². The van der Waals surface area contributed by atoms with Crippen molar-refractivity contribution in [1.82, 2.24) is 13.8 Å². The molecule has 0 bridgehead atoms. The fourth-order valence-corrected chi connectivity index (χ4v) is 4.82. The number of rotatable bonds is 7. The van der Waals surface area contributed by atoms with Crippen LogP contribution in [-0.4, -0.2) is 62.8 Å². The van der Waals surface area contributed by atoms with Crippen LogP contribution in [0.5, 0.6) is 0 Å². The van der Waals surface area contributed by atoms with E-state index in [0.717, 1.165) is 15.3 Å². The quantitative estimate of drug-likeness (QED) is 0.525. The predicted molar refractivity (Wildman–Crippen MR) is 136 cm³/mol. The Balaban J connectivity index is 0.00000408. The summed E-state index contributed by atoms with van der Waals surface area (Å²) in [4.78, 5) is 14.6. The maximum Gasteiger partial charge on any atom is 0.255 e. The second-order valence-electron chi connectivity index (χ2n) is 8.15. The number of hydrogen-bond acceptors (Lipinski definition) is 4. The third-order valence-electron chi connectivity index (χ3n) is 5.53. The van der Waals surface area contributed by atoms with Gasteiger partial charge in [0.15, 0.2) is 0 Å². The van der Waals surface area contributed by atoms with Crippen molar-refractivity contribution in [3.8, 4) is 11.1 Å². The molecule has 3 aromatic rings. The molecule has 0 radical (unpaired) electrons. The minimum absolute atomic E-state index is 0. The number of carbonyl (C=O) groups excluding carboxylic acids is 1.